The second kappa shape index (κ2) is 11.4. The van der Waals surface area contributed by atoms with Gasteiger partial charge in [0.15, 0.2) is 0 Å². The van der Waals surface area contributed by atoms with E-state index in [2.05, 4.69) is 36.4 Å². The van der Waals surface area contributed by atoms with Crippen LogP contribution in [0.3, 0.4) is 0 Å². The summed E-state index contributed by atoms with van der Waals surface area (Å²) in [6.45, 7) is 0.886. The van der Waals surface area contributed by atoms with Crippen LogP contribution in [0.15, 0.2) is 121 Å². The van der Waals surface area contributed by atoms with E-state index < -0.39 is 30.0 Å². The van der Waals surface area contributed by atoms with E-state index in [1.807, 2.05) is 89.8 Å². The number of hydrogen-bond acceptors (Lipinski definition) is 5. The first kappa shape index (κ1) is 25.3. The molecule has 5 heteroatoms. The molecule has 37 heavy (non-hydrogen) atoms. The number of ether oxygens (including phenoxy) is 1. The lowest BCUT2D eigenvalue weighted by molar-refractivity contribution is -0.160. The third-order valence-corrected chi connectivity index (χ3v) is 7.27. The second-order valence-electron chi connectivity index (χ2n) is 9.62. The van der Waals surface area contributed by atoms with E-state index in [1.54, 1.807) is 0 Å². The van der Waals surface area contributed by atoms with Gasteiger partial charge >= 0.3 is 0 Å². The molecule has 0 aliphatic carbocycles. The normalized spacial score (nSPS) is 22.6. The molecule has 4 atom stereocenters. The summed E-state index contributed by atoms with van der Waals surface area (Å²) in [5, 5.41) is 32.2. The van der Waals surface area contributed by atoms with Crippen molar-refractivity contribution in [2.45, 2.75) is 36.5 Å². The average molecular weight is 496 g/mol. The molecule has 0 aromatic heterocycles. The van der Waals surface area contributed by atoms with E-state index >= 15 is 0 Å². The van der Waals surface area contributed by atoms with Crippen molar-refractivity contribution in [3.8, 4) is 0 Å². The number of piperidine rings is 1. The molecule has 1 aliphatic heterocycles. The van der Waals surface area contributed by atoms with Gasteiger partial charge in [-0.05, 0) is 22.3 Å². The second-order valence-corrected chi connectivity index (χ2v) is 9.62. The molecular formula is C32H33NO4. The molecule has 1 aliphatic rings. The first-order valence-electron chi connectivity index (χ1n) is 12.7. The minimum absolute atomic E-state index is 0.135. The molecule has 1 fully saturated rings. The lowest BCUT2D eigenvalue weighted by Gasteiger charge is -2.45. The van der Waals surface area contributed by atoms with Crippen molar-refractivity contribution >= 4 is 0 Å². The maximum absolute atomic E-state index is 11.1. The van der Waals surface area contributed by atoms with Gasteiger partial charge in [-0.15, -0.1) is 0 Å². The predicted molar refractivity (Wildman–Crippen MR) is 144 cm³/mol. The Morgan fingerprint density at radius 2 is 1.05 bits per heavy atom. The van der Waals surface area contributed by atoms with Crippen molar-refractivity contribution in [2.75, 3.05) is 13.2 Å². The van der Waals surface area contributed by atoms with E-state index in [4.69, 9.17) is 4.74 Å². The SMILES string of the molecule is O[C@H]1[C@H](O)[C@@H](O)CN(Cc2ccccc2)[C@@H]1COC(c1ccccc1)(c1ccccc1)c1ccccc1. The molecular weight excluding hydrogens is 462 g/mol. The lowest BCUT2D eigenvalue weighted by Crippen LogP contribution is -2.62. The molecule has 0 bridgehead atoms. The van der Waals surface area contributed by atoms with E-state index in [0.29, 0.717) is 6.54 Å². The van der Waals surface area contributed by atoms with Gasteiger partial charge in [-0.25, -0.2) is 0 Å². The summed E-state index contributed by atoms with van der Waals surface area (Å²) in [4.78, 5) is 2.00. The van der Waals surface area contributed by atoms with Gasteiger partial charge in [-0.1, -0.05) is 121 Å². The molecule has 0 saturated carbocycles. The minimum Gasteiger partial charge on any atom is -0.389 e. The van der Waals surface area contributed by atoms with Gasteiger partial charge in [0.2, 0.25) is 0 Å². The summed E-state index contributed by atoms with van der Waals surface area (Å²) >= 11 is 0. The van der Waals surface area contributed by atoms with Crippen LogP contribution in [0.1, 0.15) is 22.3 Å². The first-order chi connectivity index (χ1) is 18.1. The Morgan fingerprint density at radius 1 is 0.622 bits per heavy atom. The smallest absolute Gasteiger partial charge is 0.143 e. The Kier molecular flexibility index (Phi) is 7.79. The van der Waals surface area contributed by atoms with Crippen molar-refractivity contribution in [1.82, 2.24) is 4.90 Å². The molecule has 1 heterocycles. The summed E-state index contributed by atoms with van der Waals surface area (Å²) in [6.07, 6.45) is -3.47. The van der Waals surface area contributed by atoms with Crippen molar-refractivity contribution < 1.29 is 20.1 Å². The maximum Gasteiger partial charge on any atom is 0.143 e. The number of aliphatic hydroxyl groups excluding tert-OH is 3. The van der Waals surface area contributed by atoms with Gasteiger partial charge in [0.1, 0.15) is 17.8 Å². The largest absolute Gasteiger partial charge is 0.389 e. The van der Waals surface area contributed by atoms with Crippen LogP contribution in [0.5, 0.6) is 0 Å². The fourth-order valence-electron chi connectivity index (χ4n) is 5.34. The molecule has 5 rings (SSSR count). The quantitative estimate of drug-likeness (QED) is 0.323. The van der Waals surface area contributed by atoms with Crippen LogP contribution in [0, 0.1) is 0 Å². The molecule has 0 amide bonds. The van der Waals surface area contributed by atoms with Crippen LogP contribution >= 0.6 is 0 Å². The van der Waals surface area contributed by atoms with Crippen LogP contribution in [-0.2, 0) is 16.9 Å². The van der Waals surface area contributed by atoms with Crippen molar-refractivity contribution in [3.05, 3.63) is 144 Å². The summed E-state index contributed by atoms with van der Waals surface area (Å²) in [6, 6.07) is 39.6. The molecule has 0 unspecified atom stereocenters. The van der Waals surface area contributed by atoms with Gasteiger partial charge < -0.3 is 20.1 Å². The van der Waals surface area contributed by atoms with Crippen molar-refractivity contribution in [1.29, 1.82) is 0 Å². The van der Waals surface area contributed by atoms with E-state index in [1.165, 1.54) is 0 Å². The van der Waals surface area contributed by atoms with Gasteiger partial charge in [0.05, 0.1) is 18.8 Å². The van der Waals surface area contributed by atoms with E-state index in [-0.39, 0.29) is 13.2 Å². The zero-order valence-electron chi connectivity index (χ0n) is 20.7. The monoisotopic (exact) mass is 495 g/mol. The zero-order valence-corrected chi connectivity index (χ0v) is 20.7. The summed E-state index contributed by atoms with van der Waals surface area (Å²) in [5.41, 5.74) is 3.01. The minimum atomic E-state index is -1.25. The summed E-state index contributed by atoms with van der Waals surface area (Å²) in [5.74, 6) is 0. The number of β-amino-alcohol motifs (C(OH)–C–C–N with tert-alkyl or cyclic N) is 1. The molecule has 0 spiro atoms. The number of benzene rings is 4. The van der Waals surface area contributed by atoms with Crippen LogP contribution < -0.4 is 0 Å². The van der Waals surface area contributed by atoms with E-state index in [0.717, 1.165) is 22.3 Å². The van der Waals surface area contributed by atoms with Crippen molar-refractivity contribution in [3.63, 3.8) is 0 Å². The predicted octanol–water partition coefficient (Wildman–Crippen LogP) is 3.96. The number of aliphatic hydroxyl groups is 3. The van der Waals surface area contributed by atoms with Gasteiger partial charge in [-0.3, -0.25) is 4.90 Å². The van der Waals surface area contributed by atoms with E-state index in [9.17, 15) is 15.3 Å². The van der Waals surface area contributed by atoms with Gasteiger partial charge in [0, 0.05) is 13.1 Å². The Hall–Kier alpha value is -3.32. The summed E-state index contributed by atoms with van der Waals surface area (Å²) < 4.78 is 6.95. The zero-order chi connectivity index (χ0) is 25.7. The van der Waals surface area contributed by atoms with Gasteiger partial charge in [0.25, 0.3) is 0 Å². The standard InChI is InChI=1S/C32H33NO4/c34-29-22-33(21-24-13-5-1-6-14-24)28(30(35)31(29)36)23-37-32(25-15-7-2-8-16-25,26-17-9-3-10-18-26)27-19-11-4-12-20-27/h1-20,28-31,34-36H,21-23H2/t28-,29+,30-,31-/m1/s1. The Morgan fingerprint density at radius 3 is 1.51 bits per heavy atom. The topological polar surface area (TPSA) is 73.2 Å². The van der Waals surface area contributed by atoms with Crippen molar-refractivity contribution in [2.24, 2.45) is 0 Å². The Bertz CT molecular complexity index is 1140. The third kappa shape index (κ3) is 5.23. The fraction of sp³-hybridized carbons (Fsp3) is 0.250. The molecule has 4 aromatic rings. The fourth-order valence-corrected chi connectivity index (χ4v) is 5.34. The van der Waals surface area contributed by atoms with Crippen LogP contribution in [0.2, 0.25) is 0 Å². The molecule has 5 nitrogen and oxygen atoms in total. The highest BCUT2D eigenvalue weighted by Gasteiger charge is 2.44. The number of likely N-dealkylation sites (tertiary alicyclic amines) is 1. The molecule has 1 saturated heterocycles. The number of nitrogens with zero attached hydrogens (tertiary/aromatic N) is 1. The molecule has 3 N–H and O–H groups in total. The lowest BCUT2D eigenvalue weighted by atomic mass is 9.80. The molecule has 190 valence electrons. The highest BCUT2D eigenvalue weighted by molar-refractivity contribution is 5.47. The summed E-state index contributed by atoms with van der Waals surface area (Å²) in [7, 11) is 0. The maximum atomic E-state index is 11.1. The number of hydrogen-bond donors (Lipinski definition) is 3. The number of rotatable bonds is 8. The third-order valence-electron chi connectivity index (χ3n) is 7.27. The molecule has 0 radical (unpaired) electrons. The first-order valence-corrected chi connectivity index (χ1v) is 12.7. The Balaban J connectivity index is 1.55. The highest BCUT2D eigenvalue weighted by atomic mass is 16.5. The average Bonchev–Trinajstić information content (AvgIpc) is 2.96. The van der Waals surface area contributed by atoms with Crippen LogP contribution in [0.4, 0.5) is 0 Å². The molecule has 4 aromatic carbocycles. The highest BCUT2D eigenvalue weighted by Crippen LogP contribution is 2.41. The van der Waals surface area contributed by atoms with Crippen LogP contribution in [0.25, 0.3) is 0 Å². The Labute approximate surface area is 218 Å². The van der Waals surface area contributed by atoms with Gasteiger partial charge in [-0.2, -0.15) is 0 Å². The van der Waals surface area contributed by atoms with Crippen LogP contribution in [-0.4, -0.2) is 57.7 Å².